The fraction of sp³-hybridized carbons (Fsp3) is 0.500. The Morgan fingerprint density at radius 1 is 1.30 bits per heavy atom. The van der Waals surface area contributed by atoms with Gasteiger partial charge >= 0.3 is 0 Å². The van der Waals surface area contributed by atoms with Crippen LogP contribution in [0.4, 0.5) is 0 Å². The number of rotatable bonds is 0. The van der Waals surface area contributed by atoms with E-state index in [1.54, 1.807) is 0 Å². The lowest BCUT2D eigenvalue weighted by molar-refractivity contribution is 1.27. The van der Waals surface area contributed by atoms with Crippen LogP contribution in [0.3, 0.4) is 0 Å². The Morgan fingerprint density at radius 2 is 1.80 bits per heavy atom. The second-order valence-corrected chi connectivity index (χ2v) is 1.35. The van der Waals surface area contributed by atoms with E-state index in [1.165, 1.54) is 12.7 Å². The maximum Gasteiger partial charge on any atom is 0.0115 e. The Kier molecular flexibility index (Phi) is 13.3. The van der Waals surface area contributed by atoms with Crippen molar-refractivity contribution in [2.75, 3.05) is 7.05 Å². The van der Waals surface area contributed by atoms with E-state index < -0.39 is 0 Å². The van der Waals surface area contributed by atoms with Crippen LogP contribution in [0.15, 0.2) is 18.3 Å². The monoisotopic (exact) mass is 142 g/mol. The SMILES string of the molecule is CC.CN.Cc1ccc[nH]1. The van der Waals surface area contributed by atoms with Crippen molar-refractivity contribution in [2.24, 2.45) is 5.73 Å². The smallest absolute Gasteiger partial charge is 0.0115 e. The van der Waals surface area contributed by atoms with E-state index in [0.29, 0.717) is 0 Å². The van der Waals surface area contributed by atoms with Crippen LogP contribution in [0.5, 0.6) is 0 Å². The first-order valence-corrected chi connectivity index (χ1v) is 3.57. The molecule has 2 heteroatoms. The molecule has 0 aliphatic carbocycles. The van der Waals surface area contributed by atoms with Gasteiger partial charge in [0.05, 0.1) is 0 Å². The molecule has 0 atom stereocenters. The lowest BCUT2D eigenvalue weighted by atomic mass is 10.5. The molecule has 1 rings (SSSR count). The average Bonchev–Trinajstić information content (AvgIpc) is 2.48. The Bertz CT molecular complexity index is 111. The predicted molar refractivity (Wildman–Crippen MR) is 47.0 cm³/mol. The van der Waals surface area contributed by atoms with Crippen molar-refractivity contribution in [1.82, 2.24) is 4.98 Å². The quantitative estimate of drug-likeness (QED) is 0.571. The van der Waals surface area contributed by atoms with Crippen molar-refractivity contribution in [2.45, 2.75) is 20.8 Å². The van der Waals surface area contributed by atoms with E-state index in [4.69, 9.17) is 0 Å². The minimum atomic E-state index is 1.22. The van der Waals surface area contributed by atoms with Gasteiger partial charge in [-0.05, 0) is 26.1 Å². The number of nitrogens with one attached hydrogen (secondary N) is 1. The normalized spacial score (nSPS) is 6.50. The summed E-state index contributed by atoms with van der Waals surface area (Å²) in [5.41, 5.74) is 5.72. The van der Waals surface area contributed by atoms with Crippen LogP contribution in [0, 0.1) is 6.92 Å². The fourth-order valence-corrected chi connectivity index (χ4v) is 0.420. The Hall–Kier alpha value is -0.760. The molecule has 0 amide bonds. The topological polar surface area (TPSA) is 41.8 Å². The van der Waals surface area contributed by atoms with Gasteiger partial charge in [-0.3, -0.25) is 0 Å². The first-order valence-electron chi connectivity index (χ1n) is 3.57. The van der Waals surface area contributed by atoms with E-state index in [9.17, 15) is 0 Å². The third-order valence-corrected chi connectivity index (χ3v) is 0.753. The molecule has 10 heavy (non-hydrogen) atoms. The van der Waals surface area contributed by atoms with E-state index in [0.717, 1.165) is 0 Å². The molecule has 1 heterocycles. The van der Waals surface area contributed by atoms with Gasteiger partial charge in [0.15, 0.2) is 0 Å². The summed E-state index contributed by atoms with van der Waals surface area (Å²) < 4.78 is 0. The van der Waals surface area contributed by atoms with E-state index in [2.05, 4.69) is 10.7 Å². The zero-order valence-corrected chi connectivity index (χ0v) is 7.31. The van der Waals surface area contributed by atoms with Gasteiger partial charge in [-0.1, -0.05) is 13.8 Å². The number of H-pyrrole nitrogens is 1. The number of hydrogen-bond acceptors (Lipinski definition) is 1. The number of nitrogens with two attached hydrogens (primary N) is 1. The summed E-state index contributed by atoms with van der Waals surface area (Å²) in [6.45, 7) is 6.03. The molecular weight excluding hydrogens is 124 g/mol. The largest absolute Gasteiger partial charge is 0.365 e. The zero-order valence-electron chi connectivity index (χ0n) is 7.31. The summed E-state index contributed by atoms with van der Waals surface area (Å²) >= 11 is 0. The van der Waals surface area contributed by atoms with Gasteiger partial charge in [0.25, 0.3) is 0 Å². The predicted octanol–water partition coefficient (Wildman–Crippen LogP) is 1.92. The lowest BCUT2D eigenvalue weighted by Crippen LogP contribution is -1.69. The summed E-state index contributed by atoms with van der Waals surface area (Å²) in [6.07, 6.45) is 1.91. The van der Waals surface area contributed by atoms with E-state index >= 15 is 0 Å². The first kappa shape index (κ1) is 12.0. The highest BCUT2D eigenvalue weighted by Gasteiger charge is 1.72. The second kappa shape index (κ2) is 11.1. The number of hydrogen-bond donors (Lipinski definition) is 2. The Morgan fingerprint density at radius 3 is 1.90 bits per heavy atom. The third kappa shape index (κ3) is 7.24. The zero-order chi connectivity index (χ0) is 8.41. The van der Waals surface area contributed by atoms with Crippen LogP contribution >= 0.6 is 0 Å². The molecule has 60 valence electrons. The summed E-state index contributed by atoms with van der Waals surface area (Å²) in [4.78, 5) is 3.00. The molecule has 0 aliphatic heterocycles. The van der Waals surface area contributed by atoms with E-state index in [1.807, 2.05) is 39.1 Å². The second-order valence-electron chi connectivity index (χ2n) is 1.35. The molecule has 0 spiro atoms. The molecule has 2 nitrogen and oxygen atoms in total. The van der Waals surface area contributed by atoms with Crippen LogP contribution in [-0.4, -0.2) is 12.0 Å². The van der Waals surface area contributed by atoms with Crippen LogP contribution in [0.2, 0.25) is 0 Å². The summed E-state index contributed by atoms with van der Waals surface area (Å²) in [5, 5.41) is 0. The van der Waals surface area contributed by atoms with Gasteiger partial charge in [-0.15, -0.1) is 0 Å². The minimum absolute atomic E-state index is 1.22. The number of aromatic nitrogens is 1. The van der Waals surface area contributed by atoms with Crippen molar-refractivity contribution in [1.29, 1.82) is 0 Å². The van der Waals surface area contributed by atoms with E-state index in [-0.39, 0.29) is 0 Å². The Labute approximate surface area is 63.5 Å². The summed E-state index contributed by atoms with van der Waals surface area (Å²) in [5.74, 6) is 0. The van der Waals surface area contributed by atoms with Gasteiger partial charge in [0, 0.05) is 11.9 Å². The van der Waals surface area contributed by atoms with Gasteiger partial charge in [0.2, 0.25) is 0 Å². The molecule has 0 aromatic carbocycles. The highest BCUT2D eigenvalue weighted by molar-refractivity contribution is 4.99. The molecule has 1 aromatic rings. The summed E-state index contributed by atoms with van der Waals surface area (Å²) in [7, 11) is 1.50. The maximum absolute atomic E-state index is 4.50. The summed E-state index contributed by atoms with van der Waals surface area (Å²) in [6, 6.07) is 4.01. The molecule has 0 aliphatic rings. The lowest BCUT2D eigenvalue weighted by Gasteiger charge is -1.70. The van der Waals surface area contributed by atoms with Crippen LogP contribution in [0.25, 0.3) is 0 Å². The average molecular weight is 142 g/mol. The van der Waals surface area contributed by atoms with Crippen molar-refractivity contribution in [3.05, 3.63) is 24.0 Å². The van der Waals surface area contributed by atoms with Crippen molar-refractivity contribution in [3.63, 3.8) is 0 Å². The van der Waals surface area contributed by atoms with Crippen LogP contribution in [0.1, 0.15) is 19.5 Å². The first-order chi connectivity index (χ1) is 4.89. The highest BCUT2D eigenvalue weighted by Crippen LogP contribution is 1.86. The van der Waals surface area contributed by atoms with Gasteiger partial charge in [0.1, 0.15) is 0 Å². The number of aryl methyl sites for hydroxylation is 1. The molecule has 3 N–H and O–H groups in total. The standard InChI is InChI=1S/C5H7N.C2H6.CH5N/c1-5-3-2-4-6-5;2*1-2/h2-4,6H,1H3;1-2H3;2H2,1H3. The van der Waals surface area contributed by atoms with Crippen LogP contribution in [-0.2, 0) is 0 Å². The van der Waals surface area contributed by atoms with Crippen molar-refractivity contribution >= 4 is 0 Å². The molecule has 0 fully saturated rings. The maximum atomic E-state index is 4.50. The molecule has 0 saturated heterocycles. The van der Waals surface area contributed by atoms with Gasteiger partial charge in [-0.25, -0.2) is 0 Å². The fourth-order valence-electron chi connectivity index (χ4n) is 0.420. The molecule has 1 aromatic heterocycles. The van der Waals surface area contributed by atoms with Crippen molar-refractivity contribution < 1.29 is 0 Å². The molecule has 0 radical (unpaired) electrons. The molecule has 0 unspecified atom stereocenters. The number of aromatic amines is 1. The van der Waals surface area contributed by atoms with Crippen LogP contribution < -0.4 is 5.73 Å². The molecule has 0 saturated carbocycles. The van der Waals surface area contributed by atoms with Crippen molar-refractivity contribution in [3.8, 4) is 0 Å². The minimum Gasteiger partial charge on any atom is -0.365 e. The molecule has 0 bridgehead atoms. The third-order valence-electron chi connectivity index (χ3n) is 0.753. The van der Waals surface area contributed by atoms with Gasteiger partial charge in [-0.2, -0.15) is 0 Å². The Balaban J connectivity index is 0. The highest BCUT2D eigenvalue weighted by atomic mass is 14.7. The van der Waals surface area contributed by atoms with Gasteiger partial charge < -0.3 is 10.7 Å². The molecular formula is C8H18N2.